The minimum Gasteiger partial charge on any atom is -0.456 e. The molecule has 0 radical (unpaired) electrons. The van der Waals surface area contributed by atoms with E-state index in [0.29, 0.717) is 6.42 Å². The Labute approximate surface area is 249 Å². The summed E-state index contributed by atoms with van der Waals surface area (Å²) in [4.78, 5) is 12.6. The highest BCUT2D eigenvalue weighted by Crippen LogP contribution is 2.30. The molecule has 0 aliphatic carbocycles. The van der Waals surface area contributed by atoms with Crippen molar-refractivity contribution in [2.75, 3.05) is 13.2 Å². The van der Waals surface area contributed by atoms with Gasteiger partial charge in [-0.3, -0.25) is 4.79 Å². The highest BCUT2D eigenvalue weighted by atomic mass is 16.7. The van der Waals surface area contributed by atoms with Crippen molar-refractivity contribution in [3.05, 3.63) is 0 Å². The van der Waals surface area contributed by atoms with Crippen LogP contribution in [-0.4, -0.2) is 116 Å². The van der Waals surface area contributed by atoms with E-state index in [-0.39, 0.29) is 6.42 Å². The summed E-state index contributed by atoms with van der Waals surface area (Å²) in [5.41, 5.74) is 0. The second-order valence-corrected chi connectivity index (χ2v) is 11.7. The topological polar surface area (TPSA) is 196 Å². The average molecular weight is 609 g/mol. The van der Waals surface area contributed by atoms with Crippen molar-refractivity contribution in [1.29, 1.82) is 0 Å². The van der Waals surface area contributed by atoms with Gasteiger partial charge in [0.15, 0.2) is 18.7 Å². The van der Waals surface area contributed by atoms with Gasteiger partial charge in [-0.25, -0.2) is 0 Å². The fourth-order valence-corrected chi connectivity index (χ4v) is 5.54. The summed E-state index contributed by atoms with van der Waals surface area (Å²) in [7, 11) is 0. The summed E-state index contributed by atoms with van der Waals surface area (Å²) in [5.74, 6) is -0.637. The summed E-state index contributed by atoms with van der Waals surface area (Å²) in [5, 5.41) is 70.2. The maximum atomic E-state index is 12.6. The Morgan fingerprint density at radius 3 is 1.60 bits per heavy atom. The van der Waals surface area contributed by atoms with Crippen molar-refractivity contribution in [2.45, 2.75) is 171 Å². The number of hydrogen-bond acceptors (Lipinski definition) is 12. The van der Waals surface area contributed by atoms with Gasteiger partial charge in [0, 0.05) is 6.42 Å². The first kappa shape index (κ1) is 37.3. The third-order valence-electron chi connectivity index (χ3n) is 8.20. The molecule has 2 fully saturated rings. The largest absolute Gasteiger partial charge is 0.456 e. The Kier molecular flexibility index (Phi) is 18.6. The van der Waals surface area contributed by atoms with Gasteiger partial charge in [0.05, 0.1) is 13.2 Å². The summed E-state index contributed by atoms with van der Waals surface area (Å²) < 4.78 is 21.7. The first-order valence-electron chi connectivity index (χ1n) is 16.0. The monoisotopic (exact) mass is 608 g/mol. The van der Waals surface area contributed by atoms with Crippen LogP contribution in [0.1, 0.15) is 110 Å². The minimum absolute atomic E-state index is 0.0784. The highest BCUT2D eigenvalue weighted by molar-refractivity contribution is 5.69. The van der Waals surface area contributed by atoms with Crippen LogP contribution in [0.5, 0.6) is 0 Å². The molecule has 0 bridgehead atoms. The molecule has 248 valence electrons. The Morgan fingerprint density at radius 1 is 0.595 bits per heavy atom. The molecule has 0 saturated carbocycles. The van der Waals surface area contributed by atoms with Crippen molar-refractivity contribution in [3.63, 3.8) is 0 Å². The maximum Gasteiger partial charge on any atom is 0.306 e. The van der Waals surface area contributed by atoms with E-state index in [1.54, 1.807) is 0 Å². The van der Waals surface area contributed by atoms with Crippen molar-refractivity contribution < 1.29 is 59.5 Å². The van der Waals surface area contributed by atoms with Gasteiger partial charge in [0.1, 0.15) is 42.7 Å². The van der Waals surface area contributed by atoms with Gasteiger partial charge in [0.2, 0.25) is 0 Å². The number of carbonyl (C=O) groups is 1. The number of aliphatic hydroxyl groups excluding tert-OH is 7. The number of carbonyl (C=O) groups excluding carboxylic acids is 1. The van der Waals surface area contributed by atoms with Crippen LogP contribution in [0.15, 0.2) is 0 Å². The van der Waals surface area contributed by atoms with E-state index < -0.39 is 80.6 Å². The van der Waals surface area contributed by atoms with Crippen LogP contribution < -0.4 is 0 Å². The number of ether oxygens (including phenoxy) is 4. The van der Waals surface area contributed by atoms with Crippen LogP contribution in [0.25, 0.3) is 0 Å². The molecule has 12 heteroatoms. The minimum atomic E-state index is -1.78. The number of esters is 1. The van der Waals surface area contributed by atoms with E-state index in [1.165, 1.54) is 70.6 Å². The van der Waals surface area contributed by atoms with Crippen molar-refractivity contribution in [2.24, 2.45) is 0 Å². The van der Waals surface area contributed by atoms with E-state index in [0.717, 1.165) is 19.3 Å². The van der Waals surface area contributed by atoms with Crippen LogP contribution in [0.3, 0.4) is 0 Å². The van der Waals surface area contributed by atoms with Crippen LogP contribution in [0.2, 0.25) is 0 Å². The molecular formula is C30H56O12. The SMILES string of the molecule is CCCCCCCCCCCCCCCCCC(=O)O[C@H]1[C@H](O[C@@H]2O[C@H](CO)[C@H](O)[C@H](O)[C@H]2O)[C@@H](CO)OC(O)[C@@H]1O. The van der Waals surface area contributed by atoms with E-state index >= 15 is 0 Å². The molecule has 0 amide bonds. The van der Waals surface area contributed by atoms with Gasteiger partial charge >= 0.3 is 5.97 Å². The van der Waals surface area contributed by atoms with E-state index in [1.807, 2.05) is 0 Å². The molecule has 2 aliphatic heterocycles. The molecule has 12 nitrogen and oxygen atoms in total. The quantitative estimate of drug-likeness (QED) is 0.0732. The normalized spacial score (nSPS) is 33.5. The van der Waals surface area contributed by atoms with Gasteiger partial charge in [-0.1, -0.05) is 96.8 Å². The first-order chi connectivity index (χ1) is 20.2. The van der Waals surface area contributed by atoms with E-state index in [4.69, 9.17) is 18.9 Å². The van der Waals surface area contributed by atoms with Gasteiger partial charge in [-0.05, 0) is 6.42 Å². The lowest BCUT2D eigenvalue weighted by Crippen LogP contribution is -2.65. The molecule has 2 heterocycles. The molecule has 42 heavy (non-hydrogen) atoms. The molecular weight excluding hydrogens is 552 g/mol. The number of hydrogen-bond donors (Lipinski definition) is 7. The molecule has 1 unspecified atom stereocenters. The molecule has 0 aromatic heterocycles. The van der Waals surface area contributed by atoms with Crippen molar-refractivity contribution in [3.8, 4) is 0 Å². The summed E-state index contributed by atoms with van der Waals surface area (Å²) >= 11 is 0. The second kappa shape index (κ2) is 20.9. The van der Waals surface area contributed by atoms with Crippen molar-refractivity contribution in [1.82, 2.24) is 0 Å². The molecule has 2 aliphatic rings. The Hall–Kier alpha value is -0.930. The Balaban J connectivity index is 1.71. The van der Waals surface area contributed by atoms with E-state index in [2.05, 4.69) is 6.92 Å². The van der Waals surface area contributed by atoms with Gasteiger partial charge in [0.25, 0.3) is 0 Å². The average Bonchev–Trinajstić information content (AvgIpc) is 2.98. The van der Waals surface area contributed by atoms with Crippen LogP contribution >= 0.6 is 0 Å². The third kappa shape index (κ3) is 12.2. The van der Waals surface area contributed by atoms with Crippen LogP contribution in [0, 0.1) is 0 Å². The van der Waals surface area contributed by atoms with Gasteiger partial charge < -0.3 is 54.7 Å². The Bertz CT molecular complexity index is 710. The highest BCUT2D eigenvalue weighted by Gasteiger charge is 2.52. The summed E-state index contributed by atoms with van der Waals surface area (Å²) in [6.45, 7) is 0.855. The van der Waals surface area contributed by atoms with Crippen molar-refractivity contribution >= 4 is 5.97 Å². The molecule has 2 saturated heterocycles. The maximum absolute atomic E-state index is 12.6. The zero-order valence-corrected chi connectivity index (χ0v) is 25.2. The third-order valence-corrected chi connectivity index (χ3v) is 8.20. The molecule has 7 N–H and O–H groups in total. The first-order valence-corrected chi connectivity index (χ1v) is 16.0. The summed E-state index contributed by atoms with van der Waals surface area (Å²) in [6, 6.07) is 0. The van der Waals surface area contributed by atoms with Crippen LogP contribution in [0.4, 0.5) is 0 Å². The number of rotatable bonds is 21. The predicted octanol–water partition coefficient (Wildman–Crippen LogP) is 1.42. The molecule has 0 aromatic carbocycles. The standard InChI is InChI=1S/C30H56O12/c1-2-3-4-5-6-7-8-9-10-11-12-13-14-15-16-17-22(33)41-28-26(37)29(38)39-21(19-32)27(28)42-30-25(36)24(35)23(34)20(18-31)40-30/h20-21,23-32,34-38H,2-19H2,1H3/t20-,21-,23+,24+,25-,26-,27-,28-,29?,30+/m1/s1. The van der Waals surface area contributed by atoms with Crippen LogP contribution in [-0.2, 0) is 23.7 Å². The fraction of sp³-hybridized carbons (Fsp3) is 0.967. The predicted molar refractivity (Wildman–Crippen MR) is 152 cm³/mol. The lowest BCUT2D eigenvalue weighted by atomic mass is 9.96. The lowest BCUT2D eigenvalue weighted by Gasteiger charge is -2.46. The number of unbranched alkanes of at least 4 members (excludes halogenated alkanes) is 14. The van der Waals surface area contributed by atoms with Gasteiger partial charge in [-0.2, -0.15) is 0 Å². The smallest absolute Gasteiger partial charge is 0.306 e. The lowest BCUT2D eigenvalue weighted by molar-refractivity contribution is -0.355. The zero-order chi connectivity index (χ0) is 30.9. The molecule has 0 spiro atoms. The molecule has 0 aromatic rings. The Morgan fingerprint density at radius 2 is 1.10 bits per heavy atom. The molecule has 10 atom stereocenters. The zero-order valence-electron chi connectivity index (χ0n) is 25.2. The summed E-state index contributed by atoms with van der Waals surface area (Å²) in [6.07, 6.45) is 2.28. The van der Waals surface area contributed by atoms with E-state index in [9.17, 15) is 40.5 Å². The fourth-order valence-electron chi connectivity index (χ4n) is 5.54. The van der Waals surface area contributed by atoms with Gasteiger partial charge in [-0.15, -0.1) is 0 Å². The molecule has 2 rings (SSSR count). The second-order valence-electron chi connectivity index (χ2n) is 11.7. The number of aliphatic hydroxyl groups is 7.